The number of hydrogen-bond donors (Lipinski definition) is 1. The van der Waals surface area contributed by atoms with Crippen LogP contribution in [-0.4, -0.2) is 24.8 Å². The van der Waals surface area contributed by atoms with Gasteiger partial charge >= 0.3 is 0 Å². The summed E-state index contributed by atoms with van der Waals surface area (Å²) in [5.41, 5.74) is 4.01. The number of nitrogens with zero attached hydrogens (tertiary/aromatic N) is 1. The third-order valence-electron chi connectivity index (χ3n) is 4.17. The van der Waals surface area contributed by atoms with Crippen molar-refractivity contribution in [1.29, 1.82) is 0 Å². The third kappa shape index (κ3) is 4.52. The molecular weight excluding hydrogens is 360 g/mol. The molecule has 0 spiro atoms. The highest BCUT2D eigenvalue weighted by Crippen LogP contribution is 2.32. The Morgan fingerprint density at radius 3 is 2.67 bits per heavy atom. The maximum atomic E-state index is 12.3. The number of hydrogen-bond acceptors (Lipinski definition) is 5. The molecule has 0 atom stereocenters. The molecule has 1 fully saturated rings. The molecule has 0 bridgehead atoms. The first kappa shape index (κ1) is 19.0. The molecule has 1 amide bonds. The lowest BCUT2D eigenvalue weighted by molar-refractivity contribution is -0.115. The molecule has 1 heterocycles. The Labute approximate surface area is 163 Å². The molecular formula is C21H22N2O3S. The Hall–Kier alpha value is -2.73. The number of methoxy groups -OCH3 is 1. The Kier molecular flexibility index (Phi) is 5.86. The van der Waals surface area contributed by atoms with Gasteiger partial charge in [-0.25, -0.2) is 4.99 Å². The van der Waals surface area contributed by atoms with Crippen LogP contribution in [0.15, 0.2) is 46.3 Å². The molecule has 0 aromatic heterocycles. The monoisotopic (exact) mass is 382 g/mol. The van der Waals surface area contributed by atoms with Gasteiger partial charge in [0.2, 0.25) is 0 Å². The summed E-state index contributed by atoms with van der Waals surface area (Å²) in [7, 11) is 1.60. The second kappa shape index (κ2) is 8.31. The molecule has 1 saturated heterocycles. The second-order valence-corrected chi connectivity index (χ2v) is 7.12. The molecule has 2 aromatic carbocycles. The first-order valence-electron chi connectivity index (χ1n) is 8.68. The van der Waals surface area contributed by atoms with Crippen molar-refractivity contribution in [2.24, 2.45) is 4.99 Å². The Morgan fingerprint density at radius 1 is 1.15 bits per heavy atom. The van der Waals surface area contributed by atoms with Crippen molar-refractivity contribution in [2.75, 3.05) is 13.7 Å². The summed E-state index contributed by atoms with van der Waals surface area (Å²) in [6.07, 6.45) is 1.80. The highest BCUT2D eigenvalue weighted by atomic mass is 32.2. The topological polar surface area (TPSA) is 59.9 Å². The molecule has 0 saturated carbocycles. The van der Waals surface area contributed by atoms with Crippen molar-refractivity contribution in [2.45, 2.75) is 20.8 Å². The quantitative estimate of drug-likeness (QED) is 0.768. The van der Waals surface area contributed by atoms with E-state index in [2.05, 4.69) is 17.2 Å². The lowest BCUT2D eigenvalue weighted by Crippen LogP contribution is -2.19. The summed E-state index contributed by atoms with van der Waals surface area (Å²) in [6.45, 7) is 6.62. The van der Waals surface area contributed by atoms with Crippen molar-refractivity contribution >= 4 is 34.6 Å². The van der Waals surface area contributed by atoms with Gasteiger partial charge in [0.15, 0.2) is 5.17 Å². The van der Waals surface area contributed by atoms with Crippen LogP contribution in [0.1, 0.15) is 23.6 Å². The normalized spacial score (nSPS) is 16.7. The summed E-state index contributed by atoms with van der Waals surface area (Å²) in [4.78, 5) is 17.4. The van der Waals surface area contributed by atoms with Gasteiger partial charge in [-0.2, -0.15) is 0 Å². The number of aliphatic imine (C=N–C) groups is 1. The van der Waals surface area contributed by atoms with Crippen LogP contribution >= 0.6 is 11.8 Å². The summed E-state index contributed by atoms with van der Waals surface area (Å²) < 4.78 is 10.9. The average molecular weight is 382 g/mol. The molecule has 3 rings (SSSR count). The number of aryl methyl sites for hydroxylation is 2. The highest BCUT2D eigenvalue weighted by Gasteiger charge is 2.24. The van der Waals surface area contributed by atoms with Crippen molar-refractivity contribution < 1.29 is 14.3 Å². The minimum Gasteiger partial charge on any atom is -0.496 e. The van der Waals surface area contributed by atoms with Gasteiger partial charge in [0.1, 0.15) is 11.5 Å². The first-order valence-corrected chi connectivity index (χ1v) is 9.49. The number of amides is 1. The minimum absolute atomic E-state index is 0.168. The van der Waals surface area contributed by atoms with Crippen LogP contribution in [0.3, 0.4) is 0 Å². The summed E-state index contributed by atoms with van der Waals surface area (Å²) in [5, 5.41) is 3.39. The first-order chi connectivity index (χ1) is 13.0. The zero-order chi connectivity index (χ0) is 19.4. The van der Waals surface area contributed by atoms with E-state index in [1.807, 2.05) is 50.2 Å². The van der Waals surface area contributed by atoms with Gasteiger partial charge in [-0.15, -0.1) is 0 Å². The second-order valence-electron chi connectivity index (χ2n) is 6.09. The lowest BCUT2D eigenvalue weighted by Gasteiger charge is -2.08. The molecule has 1 aliphatic heterocycles. The van der Waals surface area contributed by atoms with E-state index >= 15 is 0 Å². The Bertz CT molecular complexity index is 935. The summed E-state index contributed by atoms with van der Waals surface area (Å²) >= 11 is 1.32. The van der Waals surface area contributed by atoms with Crippen molar-refractivity contribution in [3.05, 3.63) is 58.0 Å². The Balaban J connectivity index is 1.85. The fourth-order valence-corrected chi connectivity index (χ4v) is 3.43. The summed E-state index contributed by atoms with van der Waals surface area (Å²) in [5.74, 6) is 1.22. The molecule has 2 aromatic rings. The van der Waals surface area contributed by atoms with Crippen LogP contribution in [0.25, 0.3) is 6.08 Å². The standard InChI is InChI=1S/C21H22N2O3S/c1-5-26-17-9-7-15(18(12-17)25-4)11-19-20(24)23-21(27-19)22-16-8-6-13(2)14(3)10-16/h6-12H,5H2,1-4H3,(H,22,23,24). The Morgan fingerprint density at radius 2 is 1.96 bits per heavy atom. The number of ether oxygens (including phenoxy) is 2. The van der Waals surface area contributed by atoms with Gasteiger partial charge in [-0.1, -0.05) is 6.07 Å². The van der Waals surface area contributed by atoms with E-state index in [0.29, 0.717) is 22.4 Å². The van der Waals surface area contributed by atoms with E-state index in [0.717, 1.165) is 17.0 Å². The third-order valence-corrected chi connectivity index (χ3v) is 5.08. The van der Waals surface area contributed by atoms with E-state index in [9.17, 15) is 4.79 Å². The van der Waals surface area contributed by atoms with Gasteiger partial charge in [0.25, 0.3) is 5.91 Å². The smallest absolute Gasteiger partial charge is 0.264 e. The number of rotatable bonds is 5. The van der Waals surface area contributed by atoms with Crippen LogP contribution in [-0.2, 0) is 4.79 Å². The van der Waals surface area contributed by atoms with Crippen LogP contribution in [0, 0.1) is 13.8 Å². The maximum Gasteiger partial charge on any atom is 0.264 e. The highest BCUT2D eigenvalue weighted by molar-refractivity contribution is 8.18. The van der Waals surface area contributed by atoms with Gasteiger partial charge in [0, 0.05) is 11.6 Å². The van der Waals surface area contributed by atoms with E-state index < -0.39 is 0 Å². The number of benzene rings is 2. The number of thioether (sulfide) groups is 1. The van der Waals surface area contributed by atoms with Gasteiger partial charge in [-0.05, 0) is 74.0 Å². The molecule has 6 heteroatoms. The van der Waals surface area contributed by atoms with E-state index in [1.165, 1.54) is 22.9 Å². The van der Waals surface area contributed by atoms with Crippen LogP contribution in [0.2, 0.25) is 0 Å². The molecule has 1 aliphatic rings. The molecule has 0 aliphatic carbocycles. The molecule has 5 nitrogen and oxygen atoms in total. The fraction of sp³-hybridized carbons (Fsp3) is 0.238. The van der Waals surface area contributed by atoms with Crippen LogP contribution in [0.5, 0.6) is 11.5 Å². The zero-order valence-electron chi connectivity index (χ0n) is 15.8. The predicted molar refractivity (Wildman–Crippen MR) is 111 cm³/mol. The molecule has 0 radical (unpaired) electrons. The fourth-order valence-electron chi connectivity index (χ4n) is 2.60. The van der Waals surface area contributed by atoms with E-state index in [4.69, 9.17) is 9.47 Å². The SMILES string of the molecule is CCOc1ccc(C=C2SC(=Nc3ccc(C)c(C)c3)NC2=O)c(OC)c1. The maximum absolute atomic E-state index is 12.3. The van der Waals surface area contributed by atoms with Crippen molar-refractivity contribution in [1.82, 2.24) is 5.32 Å². The van der Waals surface area contributed by atoms with Gasteiger partial charge in [-0.3, -0.25) is 4.79 Å². The molecule has 27 heavy (non-hydrogen) atoms. The summed E-state index contributed by atoms with van der Waals surface area (Å²) in [6, 6.07) is 11.5. The number of nitrogens with one attached hydrogen (secondary N) is 1. The number of carbonyl (C=O) groups excluding carboxylic acids is 1. The minimum atomic E-state index is -0.168. The van der Waals surface area contributed by atoms with Crippen LogP contribution in [0.4, 0.5) is 5.69 Å². The molecule has 1 N–H and O–H groups in total. The molecule has 140 valence electrons. The van der Waals surface area contributed by atoms with E-state index in [1.54, 1.807) is 13.2 Å². The number of carbonyl (C=O) groups is 1. The average Bonchev–Trinajstić information content (AvgIpc) is 2.98. The molecule has 0 unspecified atom stereocenters. The lowest BCUT2D eigenvalue weighted by atomic mass is 10.1. The zero-order valence-corrected chi connectivity index (χ0v) is 16.6. The number of amidine groups is 1. The predicted octanol–water partition coefficient (Wildman–Crippen LogP) is 4.60. The van der Waals surface area contributed by atoms with E-state index in [-0.39, 0.29) is 5.91 Å². The van der Waals surface area contributed by atoms with Crippen LogP contribution < -0.4 is 14.8 Å². The van der Waals surface area contributed by atoms with Gasteiger partial charge in [0.05, 0.1) is 24.3 Å². The van der Waals surface area contributed by atoms with Crippen molar-refractivity contribution in [3.63, 3.8) is 0 Å². The largest absolute Gasteiger partial charge is 0.496 e. The van der Waals surface area contributed by atoms with Crippen molar-refractivity contribution in [3.8, 4) is 11.5 Å². The van der Waals surface area contributed by atoms with Gasteiger partial charge < -0.3 is 14.8 Å².